The van der Waals surface area contributed by atoms with Crippen LogP contribution in [0, 0.1) is 0 Å². The molecule has 0 saturated carbocycles. The van der Waals surface area contributed by atoms with E-state index in [1.54, 1.807) is 6.33 Å². The van der Waals surface area contributed by atoms with Crippen LogP contribution in [0.15, 0.2) is 24.8 Å². The first-order valence-electron chi connectivity index (χ1n) is 8.04. The first kappa shape index (κ1) is 15.8. The lowest BCUT2D eigenvalue weighted by molar-refractivity contribution is 0.507. The second-order valence-electron chi connectivity index (χ2n) is 5.42. The van der Waals surface area contributed by atoms with Crippen molar-refractivity contribution in [3.8, 4) is 0 Å². The maximum atomic E-state index is 4.37. The molecular weight excluding hydrogens is 262 g/mol. The molecule has 21 heavy (non-hydrogen) atoms. The third-order valence-corrected chi connectivity index (χ3v) is 3.66. The number of rotatable bonds is 9. The van der Waals surface area contributed by atoms with Gasteiger partial charge in [-0.3, -0.25) is 0 Å². The quantitative estimate of drug-likeness (QED) is 0.772. The summed E-state index contributed by atoms with van der Waals surface area (Å²) in [6.07, 6.45) is 9.45. The van der Waals surface area contributed by atoms with Gasteiger partial charge in [0, 0.05) is 25.0 Å². The van der Waals surface area contributed by atoms with Crippen molar-refractivity contribution >= 4 is 0 Å². The predicted molar refractivity (Wildman–Crippen MR) is 85.2 cm³/mol. The molecule has 0 saturated heterocycles. The first-order valence-corrected chi connectivity index (χ1v) is 8.04. The van der Waals surface area contributed by atoms with Crippen LogP contribution in [0.2, 0.25) is 0 Å². The van der Waals surface area contributed by atoms with Gasteiger partial charge < -0.3 is 9.88 Å². The Morgan fingerprint density at radius 3 is 2.81 bits per heavy atom. The molecule has 0 fully saturated rings. The summed E-state index contributed by atoms with van der Waals surface area (Å²) >= 11 is 0. The van der Waals surface area contributed by atoms with E-state index in [1.165, 1.54) is 18.4 Å². The normalized spacial score (nSPS) is 12.7. The fourth-order valence-electron chi connectivity index (χ4n) is 2.66. The van der Waals surface area contributed by atoms with Crippen molar-refractivity contribution in [1.82, 2.24) is 24.6 Å². The summed E-state index contributed by atoms with van der Waals surface area (Å²) in [5.74, 6) is 1.02. The summed E-state index contributed by atoms with van der Waals surface area (Å²) in [4.78, 5) is 4.37. The summed E-state index contributed by atoms with van der Waals surface area (Å²) in [7, 11) is 0. The Bertz CT molecular complexity index is 522. The maximum Gasteiger partial charge on any atom is 0.146 e. The number of aryl methyl sites for hydroxylation is 1. The van der Waals surface area contributed by atoms with Crippen LogP contribution in [-0.4, -0.2) is 25.9 Å². The topological polar surface area (TPSA) is 47.7 Å². The standard InChI is InChI=1S/C16H27N5/c1-4-7-15(17-6-3)14-8-10-20(11-14)12-16-18-13-19-21(16)9-5-2/h8,10-11,13,15,17H,4-7,9,12H2,1-3H3. The van der Waals surface area contributed by atoms with Gasteiger partial charge >= 0.3 is 0 Å². The molecule has 0 aromatic carbocycles. The molecule has 0 bridgehead atoms. The van der Waals surface area contributed by atoms with E-state index >= 15 is 0 Å². The first-order chi connectivity index (χ1) is 10.3. The van der Waals surface area contributed by atoms with E-state index in [2.05, 4.69) is 59.2 Å². The van der Waals surface area contributed by atoms with Crippen LogP contribution in [0.4, 0.5) is 0 Å². The Labute approximate surface area is 127 Å². The number of hydrogen-bond acceptors (Lipinski definition) is 3. The second kappa shape index (κ2) is 7.98. The average molecular weight is 289 g/mol. The molecule has 2 aromatic heterocycles. The lowest BCUT2D eigenvalue weighted by Crippen LogP contribution is -2.20. The van der Waals surface area contributed by atoms with Crippen LogP contribution >= 0.6 is 0 Å². The minimum Gasteiger partial charge on any atom is -0.346 e. The van der Waals surface area contributed by atoms with Crippen LogP contribution in [0.5, 0.6) is 0 Å². The fraction of sp³-hybridized carbons (Fsp3) is 0.625. The second-order valence-corrected chi connectivity index (χ2v) is 5.42. The minimum absolute atomic E-state index is 0.453. The van der Waals surface area contributed by atoms with E-state index in [0.717, 1.165) is 31.9 Å². The molecule has 116 valence electrons. The zero-order valence-corrected chi connectivity index (χ0v) is 13.4. The molecule has 1 atom stereocenters. The van der Waals surface area contributed by atoms with Crippen LogP contribution < -0.4 is 5.32 Å². The Hall–Kier alpha value is -1.62. The fourth-order valence-corrected chi connectivity index (χ4v) is 2.66. The van der Waals surface area contributed by atoms with Crippen molar-refractivity contribution in [2.75, 3.05) is 6.54 Å². The predicted octanol–water partition coefficient (Wildman–Crippen LogP) is 2.99. The molecule has 0 amide bonds. The van der Waals surface area contributed by atoms with Gasteiger partial charge in [0.15, 0.2) is 0 Å². The zero-order valence-electron chi connectivity index (χ0n) is 13.4. The molecule has 0 radical (unpaired) electrons. The van der Waals surface area contributed by atoms with Gasteiger partial charge in [-0.1, -0.05) is 27.2 Å². The summed E-state index contributed by atoms with van der Waals surface area (Å²) in [6.45, 7) is 9.26. The van der Waals surface area contributed by atoms with Gasteiger partial charge in [0.05, 0.1) is 6.54 Å². The summed E-state index contributed by atoms with van der Waals surface area (Å²) < 4.78 is 4.19. The van der Waals surface area contributed by atoms with Crippen LogP contribution in [0.3, 0.4) is 0 Å². The Kier molecular flexibility index (Phi) is 5.99. The third kappa shape index (κ3) is 4.17. The monoisotopic (exact) mass is 289 g/mol. The van der Waals surface area contributed by atoms with Crippen molar-refractivity contribution in [2.45, 2.75) is 59.2 Å². The van der Waals surface area contributed by atoms with Gasteiger partial charge in [-0.15, -0.1) is 0 Å². The molecule has 0 aliphatic carbocycles. The van der Waals surface area contributed by atoms with Crippen molar-refractivity contribution in [3.05, 3.63) is 36.2 Å². The molecule has 5 nitrogen and oxygen atoms in total. The minimum atomic E-state index is 0.453. The van der Waals surface area contributed by atoms with Gasteiger partial charge in [-0.2, -0.15) is 5.10 Å². The molecule has 5 heteroatoms. The van der Waals surface area contributed by atoms with Gasteiger partial charge in [0.25, 0.3) is 0 Å². The maximum absolute atomic E-state index is 4.37. The van der Waals surface area contributed by atoms with E-state index in [9.17, 15) is 0 Å². The third-order valence-electron chi connectivity index (χ3n) is 3.66. The van der Waals surface area contributed by atoms with Crippen molar-refractivity contribution < 1.29 is 0 Å². The molecular formula is C16H27N5. The van der Waals surface area contributed by atoms with Crippen molar-refractivity contribution in [2.24, 2.45) is 0 Å². The van der Waals surface area contributed by atoms with Gasteiger partial charge in [0.2, 0.25) is 0 Å². The SMILES string of the molecule is CCCC(NCC)c1ccn(Cc2ncnn2CCC)c1. The van der Waals surface area contributed by atoms with Gasteiger partial charge in [-0.05, 0) is 31.0 Å². The highest BCUT2D eigenvalue weighted by atomic mass is 15.3. The lowest BCUT2D eigenvalue weighted by atomic mass is 10.1. The molecule has 2 rings (SSSR count). The van der Waals surface area contributed by atoms with E-state index in [0.29, 0.717) is 6.04 Å². The molecule has 0 aliphatic heterocycles. The number of hydrogen-bond donors (Lipinski definition) is 1. The highest BCUT2D eigenvalue weighted by molar-refractivity contribution is 5.16. The van der Waals surface area contributed by atoms with Crippen LogP contribution in [0.25, 0.3) is 0 Å². The molecule has 0 aliphatic rings. The Morgan fingerprint density at radius 1 is 1.24 bits per heavy atom. The smallest absolute Gasteiger partial charge is 0.146 e. The van der Waals surface area contributed by atoms with Crippen LogP contribution in [-0.2, 0) is 13.1 Å². The number of nitrogens with one attached hydrogen (secondary N) is 1. The largest absolute Gasteiger partial charge is 0.346 e. The van der Waals surface area contributed by atoms with E-state index in [-0.39, 0.29) is 0 Å². The van der Waals surface area contributed by atoms with Crippen molar-refractivity contribution in [1.29, 1.82) is 0 Å². The summed E-state index contributed by atoms with van der Waals surface area (Å²) in [5, 5.41) is 7.84. The molecule has 2 aromatic rings. The Balaban J connectivity index is 2.06. The van der Waals surface area contributed by atoms with E-state index in [4.69, 9.17) is 0 Å². The van der Waals surface area contributed by atoms with Gasteiger partial charge in [-0.25, -0.2) is 9.67 Å². The molecule has 1 N–H and O–H groups in total. The van der Waals surface area contributed by atoms with E-state index < -0.39 is 0 Å². The van der Waals surface area contributed by atoms with E-state index in [1.807, 2.05) is 4.68 Å². The van der Waals surface area contributed by atoms with Crippen LogP contribution in [0.1, 0.15) is 57.5 Å². The summed E-state index contributed by atoms with van der Waals surface area (Å²) in [5.41, 5.74) is 1.36. The van der Waals surface area contributed by atoms with Crippen molar-refractivity contribution in [3.63, 3.8) is 0 Å². The molecule has 1 unspecified atom stereocenters. The lowest BCUT2D eigenvalue weighted by Gasteiger charge is -2.15. The highest BCUT2D eigenvalue weighted by Gasteiger charge is 2.11. The number of aromatic nitrogens is 4. The molecule has 0 spiro atoms. The Morgan fingerprint density at radius 2 is 2.10 bits per heavy atom. The average Bonchev–Trinajstić information content (AvgIpc) is 3.10. The zero-order chi connectivity index (χ0) is 15.1. The summed E-state index contributed by atoms with van der Waals surface area (Å²) in [6, 6.07) is 2.67. The highest BCUT2D eigenvalue weighted by Crippen LogP contribution is 2.19. The number of nitrogens with zero attached hydrogens (tertiary/aromatic N) is 4. The molecule has 2 heterocycles. The van der Waals surface area contributed by atoms with Gasteiger partial charge in [0.1, 0.15) is 12.2 Å².